The Kier molecular flexibility index (Phi) is 7.99. The van der Waals surface area contributed by atoms with Gasteiger partial charge < -0.3 is 19.9 Å². The molecule has 1 aromatic heterocycles. The van der Waals surface area contributed by atoms with Gasteiger partial charge in [0.1, 0.15) is 12.3 Å². The maximum atomic E-state index is 13.1. The van der Waals surface area contributed by atoms with E-state index in [9.17, 15) is 4.79 Å². The summed E-state index contributed by atoms with van der Waals surface area (Å²) in [4.78, 5) is 19.8. The molecule has 1 amide bonds. The highest BCUT2D eigenvalue weighted by atomic mass is 16.6. The van der Waals surface area contributed by atoms with Gasteiger partial charge in [0.05, 0.1) is 6.33 Å². The summed E-state index contributed by atoms with van der Waals surface area (Å²) >= 11 is 0. The molecule has 1 saturated carbocycles. The first-order chi connectivity index (χ1) is 18.5. The molecular weight excluding hydrogens is 508 g/mol. The van der Waals surface area contributed by atoms with Crippen LogP contribution in [-0.2, 0) is 9.53 Å². The number of nitrogens with zero attached hydrogens (tertiary/aromatic N) is 3. The molecule has 6 nitrogen and oxygen atoms in total. The zero-order valence-electron chi connectivity index (χ0n) is 28.7. The van der Waals surface area contributed by atoms with Crippen molar-refractivity contribution in [2.24, 2.45) is 43.6 Å². The largest absolute Gasteiger partial charge is 0.353 e. The fourth-order valence-corrected chi connectivity index (χ4v) is 8.66. The topological polar surface area (TPSA) is 76.7 Å². The molecule has 41 heavy (non-hydrogen) atoms. The van der Waals surface area contributed by atoms with Crippen LogP contribution >= 0.6 is 0 Å². The second-order valence-corrected chi connectivity index (χ2v) is 18.4. The first-order valence-corrected chi connectivity index (χ1v) is 16.2. The Balaban J connectivity index is 1.67. The van der Waals surface area contributed by atoms with Gasteiger partial charge in [-0.2, -0.15) is 0 Å². The highest BCUT2D eigenvalue weighted by molar-refractivity contribution is 5.78. The van der Waals surface area contributed by atoms with E-state index in [0.717, 1.165) is 38.6 Å². The Hall–Kier alpha value is -1.40. The zero-order chi connectivity index (χ0) is 31.0. The van der Waals surface area contributed by atoms with Crippen molar-refractivity contribution >= 4 is 5.91 Å². The van der Waals surface area contributed by atoms with Gasteiger partial charge in [-0.3, -0.25) is 4.79 Å². The number of hydrogen-bond donors (Lipinski definition) is 1. The summed E-state index contributed by atoms with van der Waals surface area (Å²) in [7, 11) is 0. The third-order valence-corrected chi connectivity index (χ3v) is 12.4. The van der Waals surface area contributed by atoms with Crippen molar-refractivity contribution in [2.75, 3.05) is 6.54 Å². The van der Waals surface area contributed by atoms with Crippen LogP contribution in [0.4, 0.5) is 0 Å². The Morgan fingerprint density at radius 3 is 2.07 bits per heavy atom. The SMILES string of the molecule is CC(C)(C)CC(N1CCCC1=O)C(C)(C)C(C)(C)CC1(C2OC2N)CC1(C)C(C)(C)CC(n1ccnc1)C(C)(C)C. The van der Waals surface area contributed by atoms with Crippen molar-refractivity contribution < 1.29 is 9.53 Å². The molecule has 0 spiro atoms. The predicted octanol–water partition coefficient (Wildman–Crippen LogP) is 7.84. The van der Waals surface area contributed by atoms with E-state index >= 15 is 0 Å². The van der Waals surface area contributed by atoms with E-state index in [1.54, 1.807) is 0 Å². The predicted molar refractivity (Wildman–Crippen MR) is 168 cm³/mol. The van der Waals surface area contributed by atoms with E-state index in [1.807, 2.05) is 12.5 Å². The van der Waals surface area contributed by atoms with Crippen LogP contribution in [0.2, 0.25) is 0 Å². The average molecular weight is 571 g/mol. The van der Waals surface area contributed by atoms with Gasteiger partial charge in [-0.25, -0.2) is 4.98 Å². The highest BCUT2D eigenvalue weighted by Gasteiger charge is 2.78. The molecule has 2 saturated heterocycles. The summed E-state index contributed by atoms with van der Waals surface area (Å²) < 4.78 is 8.51. The van der Waals surface area contributed by atoms with E-state index in [-0.39, 0.29) is 56.3 Å². The lowest BCUT2D eigenvalue weighted by Crippen LogP contribution is -2.54. The Bertz CT molecular complexity index is 1090. The number of carbonyl (C=O) groups excluding carboxylic acids is 1. The van der Waals surface area contributed by atoms with Gasteiger partial charge in [0.2, 0.25) is 5.91 Å². The summed E-state index contributed by atoms with van der Waals surface area (Å²) in [5.74, 6) is 0.329. The Labute approximate surface area is 251 Å². The fourth-order valence-electron chi connectivity index (χ4n) is 8.66. The van der Waals surface area contributed by atoms with Crippen molar-refractivity contribution in [3.63, 3.8) is 0 Å². The maximum absolute atomic E-state index is 13.1. The smallest absolute Gasteiger partial charge is 0.222 e. The summed E-state index contributed by atoms with van der Waals surface area (Å²) in [6.07, 6.45) is 11.8. The third kappa shape index (κ3) is 5.78. The molecule has 6 unspecified atom stereocenters. The number of nitrogens with two attached hydrogens (primary N) is 1. The average Bonchev–Trinajstić information content (AvgIpc) is 3.46. The minimum atomic E-state index is -0.177. The van der Waals surface area contributed by atoms with Gasteiger partial charge in [-0.05, 0) is 64.6 Å². The van der Waals surface area contributed by atoms with Crippen LogP contribution < -0.4 is 5.73 Å². The van der Waals surface area contributed by atoms with Crippen molar-refractivity contribution in [2.45, 2.75) is 153 Å². The number of likely N-dealkylation sites (tertiary alicyclic amines) is 1. The van der Waals surface area contributed by atoms with E-state index in [4.69, 9.17) is 10.5 Å². The van der Waals surface area contributed by atoms with Crippen molar-refractivity contribution in [1.29, 1.82) is 0 Å². The molecule has 0 aromatic carbocycles. The molecule has 3 aliphatic rings. The normalized spacial score (nSPS) is 31.0. The second-order valence-electron chi connectivity index (χ2n) is 18.4. The van der Waals surface area contributed by atoms with Crippen LogP contribution in [0.15, 0.2) is 18.7 Å². The minimum Gasteiger partial charge on any atom is -0.353 e. The molecule has 6 atom stereocenters. The maximum Gasteiger partial charge on any atom is 0.222 e. The molecule has 0 bridgehead atoms. The molecule has 0 radical (unpaired) electrons. The third-order valence-electron chi connectivity index (χ3n) is 12.4. The van der Waals surface area contributed by atoms with E-state index in [2.05, 4.69) is 111 Å². The minimum absolute atomic E-state index is 0.00929. The van der Waals surface area contributed by atoms with E-state index in [0.29, 0.717) is 18.4 Å². The molecule has 4 rings (SSSR count). The molecule has 2 aliphatic heterocycles. The summed E-state index contributed by atoms with van der Waals surface area (Å²) in [5, 5.41) is 0. The van der Waals surface area contributed by atoms with Gasteiger partial charge in [0.15, 0.2) is 0 Å². The van der Waals surface area contributed by atoms with Crippen LogP contribution in [0, 0.1) is 37.9 Å². The molecule has 1 aromatic rings. The van der Waals surface area contributed by atoms with Crippen molar-refractivity contribution in [3.05, 3.63) is 18.7 Å². The monoisotopic (exact) mass is 570 g/mol. The van der Waals surface area contributed by atoms with Crippen LogP contribution in [-0.4, -0.2) is 45.3 Å². The highest BCUT2D eigenvalue weighted by Crippen LogP contribution is 2.80. The number of amides is 1. The fraction of sp³-hybridized carbons (Fsp3) is 0.886. The van der Waals surface area contributed by atoms with Crippen molar-refractivity contribution in [1.82, 2.24) is 14.5 Å². The number of hydrogen-bond acceptors (Lipinski definition) is 4. The van der Waals surface area contributed by atoms with Crippen molar-refractivity contribution in [3.8, 4) is 0 Å². The Morgan fingerprint density at radius 2 is 1.63 bits per heavy atom. The molecule has 6 heteroatoms. The Morgan fingerprint density at radius 1 is 1.02 bits per heavy atom. The molecule has 2 N–H and O–H groups in total. The van der Waals surface area contributed by atoms with Crippen LogP contribution in [0.25, 0.3) is 0 Å². The van der Waals surface area contributed by atoms with Gasteiger partial charge >= 0.3 is 0 Å². The van der Waals surface area contributed by atoms with E-state index < -0.39 is 0 Å². The number of carbonyl (C=O) groups is 1. The summed E-state index contributed by atoms with van der Waals surface area (Å²) in [6.45, 7) is 32.1. The molecule has 1 aliphatic carbocycles. The first kappa shape index (κ1) is 32.5. The number of imidazole rings is 1. The number of epoxide rings is 1. The number of aromatic nitrogens is 2. The van der Waals surface area contributed by atoms with Crippen LogP contribution in [0.5, 0.6) is 0 Å². The summed E-state index contributed by atoms with van der Waals surface area (Å²) in [5.41, 5.74) is 6.75. The molecular formula is C35H62N4O2. The van der Waals surface area contributed by atoms with Gasteiger partial charge in [-0.15, -0.1) is 0 Å². The lowest BCUT2D eigenvalue weighted by atomic mass is 9.55. The number of ether oxygens (including phenoxy) is 1. The zero-order valence-corrected chi connectivity index (χ0v) is 28.7. The second kappa shape index (κ2) is 10.1. The number of rotatable bonds is 11. The van der Waals surface area contributed by atoms with Crippen LogP contribution in [0.1, 0.15) is 135 Å². The summed E-state index contributed by atoms with van der Waals surface area (Å²) in [6, 6.07) is 0.536. The first-order valence-electron chi connectivity index (χ1n) is 16.2. The lowest BCUT2D eigenvalue weighted by Gasteiger charge is -2.53. The molecule has 3 heterocycles. The van der Waals surface area contributed by atoms with Gasteiger partial charge in [0.25, 0.3) is 0 Å². The quantitative estimate of drug-likeness (QED) is 0.275. The van der Waals surface area contributed by atoms with Crippen LogP contribution in [0.3, 0.4) is 0 Å². The van der Waals surface area contributed by atoms with E-state index in [1.165, 1.54) is 0 Å². The molecule has 234 valence electrons. The lowest BCUT2D eigenvalue weighted by molar-refractivity contribution is -0.136. The van der Waals surface area contributed by atoms with Gasteiger partial charge in [-0.1, -0.05) is 90.0 Å². The molecule has 3 fully saturated rings. The van der Waals surface area contributed by atoms with Gasteiger partial charge in [0, 0.05) is 42.9 Å². The standard InChI is InChI=1S/C35H62N4O2/c1-29(2,3)19-25(39-17-14-15-26(39)40)33(11,12)32(9,10)21-35(27-28(36)41-27)22-34(35,13)31(7,8)20-24(30(4,5)6)38-18-16-37-23-38/h16,18,23-25,27-28H,14-15,17,19-22,36H2,1-13H3.